The molecule has 0 spiro atoms. The summed E-state index contributed by atoms with van der Waals surface area (Å²) in [5.74, 6) is -2.46. The van der Waals surface area contributed by atoms with Gasteiger partial charge < -0.3 is 51.9 Å². The molecule has 0 radical (unpaired) electrons. The maximum Gasteiger partial charge on any atom is 0.326 e. The SMILES string of the molecule is NNC(CCCCNC(=O)CCC(NC(=O)CCC(NC(=O)CCC(NC(=O)CCCCCCCCCCCCC(=O)O)C(=O)O)C(=O)O)C(=O)O)C(O)O. The molecule has 0 aromatic heterocycles. The second-order valence-electron chi connectivity index (χ2n) is 13.5. The van der Waals surface area contributed by atoms with Gasteiger partial charge in [0.25, 0.3) is 0 Å². The van der Waals surface area contributed by atoms with Gasteiger partial charge >= 0.3 is 23.9 Å². The van der Waals surface area contributed by atoms with E-state index in [1.165, 1.54) is 0 Å². The highest BCUT2D eigenvalue weighted by atomic mass is 16.5. The number of aliphatic carboxylic acids is 4. The van der Waals surface area contributed by atoms with Crippen molar-refractivity contribution in [2.45, 2.75) is 165 Å². The molecule has 0 aromatic carbocycles. The number of nitrogens with one attached hydrogen (secondary N) is 5. The third-order valence-corrected chi connectivity index (χ3v) is 8.76. The third kappa shape index (κ3) is 27.8. The molecule has 0 saturated heterocycles. The fourth-order valence-corrected chi connectivity index (χ4v) is 5.50. The molecule has 0 aliphatic rings. The molecule has 316 valence electrons. The van der Waals surface area contributed by atoms with Gasteiger partial charge in [0.05, 0.1) is 6.04 Å². The van der Waals surface area contributed by atoms with Crippen molar-refractivity contribution >= 4 is 47.5 Å². The standard InChI is InChI=1S/C35H62N6O14/c36-41-26(35(54)55)13-11-12-22-37-27(42)19-16-23(32(48)49)39-29(44)21-18-25(34(52)53)40-30(45)20-17-24(33(50)51)38-28(43)14-9-7-5-3-1-2-4-6-8-10-15-31(46)47/h23-26,35,41,54-55H,1-22,36H2,(H,37,42)(H,38,43)(H,39,44)(H,40,45)(H,46,47)(H,48,49)(H,50,51)(H,52,53). The molecule has 4 amide bonds. The molecule has 4 atom stereocenters. The van der Waals surface area contributed by atoms with Crippen LogP contribution in [0.5, 0.6) is 0 Å². The van der Waals surface area contributed by atoms with E-state index in [-0.39, 0.29) is 38.6 Å². The quantitative estimate of drug-likeness (QED) is 0.0177. The maximum atomic E-state index is 12.5. The number of aliphatic hydroxyl groups is 2. The van der Waals surface area contributed by atoms with Crippen molar-refractivity contribution in [2.75, 3.05) is 6.54 Å². The fourth-order valence-electron chi connectivity index (χ4n) is 5.50. The second kappa shape index (κ2) is 30.9. The summed E-state index contributed by atoms with van der Waals surface area (Å²) in [5, 5.41) is 64.8. The van der Waals surface area contributed by atoms with Gasteiger partial charge in [-0.2, -0.15) is 0 Å². The molecule has 0 aliphatic carbocycles. The minimum atomic E-state index is -1.64. The topological polar surface area (TPSA) is 344 Å². The Morgan fingerprint density at radius 1 is 0.436 bits per heavy atom. The summed E-state index contributed by atoms with van der Waals surface area (Å²) in [6.07, 6.45) is 6.80. The van der Waals surface area contributed by atoms with E-state index >= 15 is 0 Å². The maximum absolute atomic E-state index is 12.5. The van der Waals surface area contributed by atoms with Crippen LogP contribution >= 0.6 is 0 Å². The zero-order valence-corrected chi connectivity index (χ0v) is 31.5. The molecule has 0 saturated carbocycles. The first-order chi connectivity index (χ1) is 26.1. The summed E-state index contributed by atoms with van der Waals surface area (Å²) in [5.41, 5.74) is 2.26. The lowest BCUT2D eigenvalue weighted by Crippen LogP contribution is -2.45. The second-order valence-corrected chi connectivity index (χ2v) is 13.5. The lowest BCUT2D eigenvalue weighted by molar-refractivity contribution is -0.144. The van der Waals surface area contributed by atoms with Gasteiger partial charge in [0.15, 0.2) is 6.29 Å². The van der Waals surface area contributed by atoms with Crippen LogP contribution in [-0.4, -0.2) is 115 Å². The first-order valence-corrected chi connectivity index (χ1v) is 18.9. The molecular weight excluding hydrogens is 728 g/mol. The molecule has 0 bridgehead atoms. The van der Waals surface area contributed by atoms with Crippen molar-refractivity contribution in [3.05, 3.63) is 0 Å². The fraction of sp³-hybridized carbons (Fsp3) is 0.771. The lowest BCUT2D eigenvalue weighted by atomic mass is 10.0. The van der Waals surface area contributed by atoms with E-state index in [0.29, 0.717) is 32.1 Å². The van der Waals surface area contributed by atoms with Crippen LogP contribution in [-0.2, 0) is 38.4 Å². The molecule has 0 aromatic rings. The number of hydrogen-bond donors (Lipinski definition) is 12. The van der Waals surface area contributed by atoms with Crippen LogP contribution in [0.2, 0.25) is 0 Å². The van der Waals surface area contributed by atoms with Crippen LogP contribution in [0.1, 0.15) is 135 Å². The van der Waals surface area contributed by atoms with Crippen molar-refractivity contribution in [1.82, 2.24) is 26.7 Å². The number of unbranched alkanes of at least 4 members (excludes halogenated alkanes) is 10. The molecule has 0 rings (SSSR count). The summed E-state index contributed by atoms with van der Waals surface area (Å²) < 4.78 is 0. The predicted octanol–water partition coefficient (Wildman–Crippen LogP) is 0.230. The summed E-state index contributed by atoms with van der Waals surface area (Å²) in [7, 11) is 0. The Kier molecular flexibility index (Phi) is 28.4. The Balaban J connectivity index is 4.48. The minimum absolute atomic E-state index is 0.104. The number of hydrogen-bond acceptors (Lipinski definition) is 12. The van der Waals surface area contributed by atoms with Crippen molar-refractivity contribution < 1.29 is 69.0 Å². The number of nitrogens with two attached hydrogens (primary N) is 1. The molecule has 4 unspecified atom stereocenters. The smallest absolute Gasteiger partial charge is 0.326 e. The molecule has 0 heterocycles. The van der Waals surface area contributed by atoms with Gasteiger partial charge in [0.1, 0.15) is 18.1 Å². The normalized spacial score (nSPS) is 13.2. The number of carboxylic acids is 4. The molecular formula is C35H62N6O14. The van der Waals surface area contributed by atoms with E-state index in [9.17, 15) is 53.7 Å². The zero-order chi connectivity index (χ0) is 41.6. The van der Waals surface area contributed by atoms with Crippen molar-refractivity contribution in [2.24, 2.45) is 5.84 Å². The van der Waals surface area contributed by atoms with Gasteiger partial charge in [-0.3, -0.25) is 35.2 Å². The number of aliphatic hydroxyl groups excluding tert-OH is 1. The molecule has 20 nitrogen and oxygen atoms in total. The summed E-state index contributed by atoms with van der Waals surface area (Å²) >= 11 is 0. The predicted molar refractivity (Wildman–Crippen MR) is 196 cm³/mol. The Morgan fingerprint density at radius 3 is 1.16 bits per heavy atom. The molecule has 0 aliphatic heterocycles. The molecule has 20 heteroatoms. The van der Waals surface area contributed by atoms with Gasteiger partial charge in [0.2, 0.25) is 23.6 Å². The van der Waals surface area contributed by atoms with Gasteiger partial charge in [-0.25, -0.2) is 14.4 Å². The number of carbonyl (C=O) groups excluding carboxylic acids is 4. The largest absolute Gasteiger partial charge is 0.481 e. The number of carboxylic acid groups (broad SMARTS) is 4. The van der Waals surface area contributed by atoms with Gasteiger partial charge in [-0.05, 0) is 51.4 Å². The Morgan fingerprint density at radius 2 is 0.800 bits per heavy atom. The number of amides is 4. The Bertz CT molecular complexity index is 1200. The summed E-state index contributed by atoms with van der Waals surface area (Å²) in [6.45, 7) is 0.236. The van der Waals surface area contributed by atoms with Crippen molar-refractivity contribution in [3.8, 4) is 0 Å². The van der Waals surface area contributed by atoms with Gasteiger partial charge in [-0.1, -0.05) is 51.4 Å². The number of rotatable bonds is 35. The first kappa shape index (κ1) is 50.6. The monoisotopic (exact) mass is 790 g/mol. The van der Waals surface area contributed by atoms with E-state index in [1.54, 1.807) is 0 Å². The van der Waals surface area contributed by atoms with E-state index in [4.69, 9.17) is 21.2 Å². The minimum Gasteiger partial charge on any atom is -0.481 e. The van der Waals surface area contributed by atoms with Crippen LogP contribution in [0.3, 0.4) is 0 Å². The van der Waals surface area contributed by atoms with Crippen molar-refractivity contribution in [1.29, 1.82) is 0 Å². The average molecular weight is 791 g/mol. The first-order valence-electron chi connectivity index (χ1n) is 18.9. The molecule has 55 heavy (non-hydrogen) atoms. The van der Waals surface area contributed by atoms with E-state index < -0.39 is 97.2 Å². The highest BCUT2D eigenvalue weighted by molar-refractivity contribution is 5.87. The van der Waals surface area contributed by atoms with Crippen LogP contribution < -0.4 is 32.5 Å². The van der Waals surface area contributed by atoms with Crippen LogP contribution in [0.4, 0.5) is 0 Å². The van der Waals surface area contributed by atoms with Gasteiger partial charge in [0, 0.05) is 38.6 Å². The van der Waals surface area contributed by atoms with E-state index in [2.05, 4.69) is 26.7 Å². The van der Waals surface area contributed by atoms with E-state index in [0.717, 1.165) is 51.4 Å². The lowest BCUT2D eigenvalue weighted by Gasteiger charge is -2.18. The zero-order valence-electron chi connectivity index (χ0n) is 31.5. The van der Waals surface area contributed by atoms with Crippen LogP contribution in [0.25, 0.3) is 0 Å². The molecule has 0 fully saturated rings. The van der Waals surface area contributed by atoms with Crippen LogP contribution in [0, 0.1) is 0 Å². The molecule has 13 N–H and O–H groups in total. The third-order valence-electron chi connectivity index (χ3n) is 8.76. The summed E-state index contributed by atoms with van der Waals surface area (Å²) in [6, 6.07) is -5.12. The highest BCUT2D eigenvalue weighted by Crippen LogP contribution is 2.13. The number of carbonyl (C=O) groups is 8. The Labute approximate surface area is 320 Å². The van der Waals surface area contributed by atoms with E-state index in [1.807, 2.05) is 0 Å². The van der Waals surface area contributed by atoms with Crippen molar-refractivity contribution in [3.63, 3.8) is 0 Å². The van der Waals surface area contributed by atoms with Crippen LogP contribution in [0.15, 0.2) is 0 Å². The number of hydrazine groups is 1. The Hall–Kier alpha value is -4.40. The summed E-state index contributed by atoms with van der Waals surface area (Å²) in [4.78, 5) is 94.9. The highest BCUT2D eigenvalue weighted by Gasteiger charge is 2.26. The average Bonchev–Trinajstić information content (AvgIpc) is 3.11. The van der Waals surface area contributed by atoms with Gasteiger partial charge in [-0.15, -0.1) is 0 Å².